The monoisotopic (exact) mass is 1630 g/mol. The van der Waals surface area contributed by atoms with E-state index in [2.05, 4.69) is 389 Å². The molecule has 30 rings (SSSR count). The van der Waals surface area contributed by atoms with Gasteiger partial charge < -0.3 is 37.2 Å². The van der Waals surface area contributed by atoms with Gasteiger partial charge in [-0.1, -0.05) is 253 Å². The molecule has 4 aromatic heterocycles. The number of hydrogen-bond donors (Lipinski definition) is 0. The first-order valence-corrected chi connectivity index (χ1v) is 44.9. The summed E-state index contributed by atoms with van der Waals surface area (Å²) in [4.78, 5) is 0. The number of fused-ring (bicyclic) bond motifs is 28. The molecule has 0 aliphatic carbocycles. The fourth-order valence-corrected chi connectivity index (χ4v) is 24.6. The average molecular weight is 1630 g/mol. The average Bonchev–Trinajstić information content (AvgIpc) is 1.10. The zero-order chi connectivity index (χ0) is 84.5. The van der Waals surface area contributed by atoms with Gasteiger partial charge in [0.25, 0.3) is 26.9 Å². The molecule has 0 saturated carbocycles. The molecule has 8 aliphatic rings. The second kappa shape index (κ2) is 25.2. The van der Waals surface area contributed by atoms with Crippen molar-refractivity contribution in [3.05, 3.63) is 360 Å². The van der Waals surface area contributed by atoms with Crippen molar-refractivity contribution >= 4 is 180 Å². The number of benzene rings is 18. The predicted molar refractivity (Wildman–Crippen MR) is 535 cm³/mol. The molecule has 596 valence electrons. The van der Waals surface area contributed by atoms with E-state index >= 15 is 0 Å². The molecule has 18 aromatic carbocycles. The molecular formula is C116H76B4N4O4. The molecule has 0 radical (unpaired) electrons. The van der Waals surface area contributed by atoms with E-state index in [0.717, 1.165) is 68.2 Å². The van der Waals surface area contributed by atoms with E-state index in [1.54, 1.807) is 0 Å². The first-order valence-electron chi connectivity index (χ1n) is 44.9. The van der Waals surface area contributed by atoms with Crippen molar-refractivity contribution in [1.29, 1.82) is 0 Å². The van der Waals surface area contributed by atoms with Crippen LogP contribution in [0, 0.1) is 55.4 Å². The van der Waals surface area contributed by atoms with Gasteiger partial charge in [0.2, 0.25) is 0 Å². The number of rotatable bonds is 4. The van der Waals surface area contributed by atoms with E-state index in [0.29, 0.717) is 0 Å². The summed E-state index contributed by atoms with van der Waals surface area (Å²) in [7, 11) is 0. The van der Waals surface area contributed by atoms with Crippen LogP contribution < -0.4 is 84.5 Å². The van der Waals surface area contributed by atoms with E-state index < -0.39 is 0 Å². The molecule has 12 heterocycles. The summed E-state index contributed by atoms with van der Waals surface area (Å²) in [6, 6.07) is 118. The Hall–Kier alpha value is -15.4. The second-order valence-corrected chi connectivity index (χ2v) is 37.3. The molecule has 0 unspecified atom stereocenters. The number of aromatic nitrogens is 4. The summed E-state index contributed by atoms with van der Waals surface area (Å²) in [5.41, 5.74) is 48.9. The van der Waals surface area contributed by atoms with E-state index in [-0.39, 0.29) is 26.9 Å². The lowest BCUT2D eigenvalue weighted by Gasteiger charge is -2.37. The number of hydrogen-bond acceptors (Lipinski definition) is 4. The van der Waals surface area contributed by atoms with Gasteiger partial charge in [0, 0.05) is 100 Å². The standard InChI is InChI=1S/2C58H38B2N2O2/c1-31-19-21-37(33(3)23-31)35-25-49-55-53(27-35)63-51-30-52-46(29-45(51)59(55)43-15-9-13-41-39-11-5-7-17-47(39)61(49)57(41)43)60-44-16-10-14-42-40-12-6-8-18-48(40)62(58(42)44)50-26-36(28-54(64-52)56(50)60)38-22-20-32(2)24-34(38)4;1-31-19-21-33(3)41(23-31)35-25-49-55-53(27-35)63-51-30-52-46(29-45(51)59(55)43-15-9-13-39-37-11-5-7-17-47(37)61(49)57(39)43)60-44-16-10-14-40-38-12-6-8-18-48(38)62(58(40)44)50-26-36(28-54(64-52)56(50)60)42-24-32(2)20-22-34(42)4/h2*5-30H,1-4H3. The minimum atomic E-state index is -0.0504. The van der Waals surface area contributed by atoms with Crippen molar-refractivity contribution in [2.45, 2.75) is 55.4 Å². The third kappa shape index (κ3) is 9.37. The molecule has 12 heteroatoms. The fourth-order valence-electron chi connectivity index (χ4n) is 24.6. The van der Waals surface area contributed by atoms with Crippen LogP contribution in [0.25, 0.3) is 154 Å². The molecule has 0 spiro atoms. The van der Waals surface area contributed by atoms with Crippen LogP contribution in [0.5, 0.6) is 46.0 Å². The van der Waals surface area contributed by atoms with Gasteiger partial charge >= 0.3 is 0 Å². The largest absolute Gasteiger partial charge is 0.458 e. The van der Waals surface area contributed by atoms with Crippen molar-refractivity contribution in [1.82, 2.24) is 18.3 Å². The number of nitrogens with zero attached hydrogens (tertiary/aromatic N) is 4. The fraction of sp³-hybridized carbons (Fsp3) is 0.0690. The van der Waals surface area contributed by atoms with Gasteiger partial charge in [-0.15, -0.1) is 0 Å². The molecule has 22 aromatic rings. The van der Waals surface area contributed by atoms with Crippen molar-refractivity contribution in [2.24, 2.45) is 0 Å². The maximum Gasteiger partial charge on any atom is 0.256 e. The Bertz CT molecular complexity index is 8500. The lowest BCUT2D eigenvalue weighted by Crippen LogP contribution is -2.62. The van der Waals surface area contributed by atoms with Gasteiger partial charge in [-0.25, -0.2) is 0 Å². The zero-order valence-corrected chi connectivity index (χ0v) is 71.8. The van der Waals surface area contributed by atoms with Crippen LogP contribution >= 0.6 is 0 Å². The quantitative estimate of drug-likeness (QED) is 0.165. The van der Waals surface area contributed by atoms with Crippen LogP contribution in [0.4, 0.5) is 0 Å². The van der Waals surface area contributed by atoms with E-state index in [1.165, 1.54) is 242 Å². The number of ether oxygens (including phenoxy) is 4. The van der Waals surface area contributed by atoms with Gasteiger partial charge in [-0.2, -0.15) is 0 Å². The van der Waals surface area contributed by atoms with Gasteiger partial charge in [0.1, 0.15) is 46.0 Å². The summed E-state index contributed by atoms with van der Waals surface area (Å²) in [6.45, 7) is 17.3. The smallest absolute Gasteiger partial charge is 0.256 e. The van der Waals surface area contributed by atoms with Crippen molar-refractivity contribution in [2.75, 3.05) is 0 Å². The molecule has 0 N–H and O–H groups in total. The highest BCUT2D eigenvalue weighted by atomic mass is 16.5. The second-order valence-electron chi connectivity index (χ2n) is 37.3. The Morgan fingerprint density at radius 2 is 0.445 bits per heavy atom. The Balaban J connectivity index is 0.000000127. The Kier molecular flexibility index (Phi) is 14.0. The first kappa shape index (κ1) is 71.0. The van der Waals surface area contributed by atoms with E-state index in [4.69, 9.17) is 18.9 Å². The lowest BCUT2D eigenvalue weighted by molar-refractivity contribution is 0.465. The zero-order valence-electron chi connectivity index (χ0n) is 71.8. The molecule has 128 heavy (non-hydrogen) atoms. The van der Waals surface area contributed by atoms with E-state index in [9.17, 15) is 0 Å². The molecular weight excluding hydrogens is 1560 g/mol. The molecule has 0 amide bonds. The summed E-state index contributed by atoms with van der Waals surface area (Å²) < 4.78 is 39.2. The third-order valence-electron chi connectivity index (χ3n) is 29.9. The molecule has 0 fully saturated rings. The normalized spacial score (nSPS) is 13.5. The third-order valence-corrected chi connectivity index (χ3v) is 29.9. The first-order chi connectivity index (χ1) is 62.7. The van der Waals surface area contributed by atoms with Crippen molar-refractivity contribution in [3.63, 3.8) is 0 Å². The van der Waals surface area contributed by atoms with Crippen LogP contribution in [0.15, 0.2) is 315 Å². The highest BCUT2D eigenvalue weighted by Gasteiger charge is 2.49. The summed E-state index contributed by atoms with van der Waals surface area (Å²) >= 11 is 0. The number of para-hydroxylation sites is 8. The van der Waals surface area contributed by atoms with Crippen LogP contribution in [-0.4, -0.2) is 45.1 Å². The van der Waals surface area contributed by atoms with Crippen LogP contribution in [-0.2, 0) is 0 Å². The Morgan fingerprint density at radius 3 is 0.734 bits per heavy atom. The van der Waals surface area contributed by atoms with Gasteiger partial charge in [0.05, 0.1) is 22.1 Å². The molecule has 0 saturated heterocycles. The van der Waals surface area contributed by atoms with Gasteiger partial charge in [-0.05, 0) is 261 Å². The Morgan fingerprint density at radius 1 is 0.188 bits per heavy atom. The maximum absolute atomic E-state index is 7.29. The number of aryl methyl sites for hydroxylation is 8. The topological polar surface area (TPSA) is 56.6 Å². The maximum atomic E-state index is 7.29. The van der Waals surface area contributed by atoms with E-state index in [1.807, 2.05) is 0 Å². The van der Waals surface area contributed by atoms with Gasteiger partial charge in [0.15, 0.2) is 0 Å². The summed E-state index contributed by atoms with van der Waals surface area (Å²) in [6.07, 6.45) is 0. The lowest BCUT2D eigenvalue weighted by atomic mass is 9.31. The summed E-state index contributed by atoms with van der Waals surface area (Å²) in [5.74, 6) is 6.97. The molecule has 8 aliphatic heterocycles. The molecule has 0 bridgehead atoms. The SMILES string of the molecule is Cc1ccc(-c2cc3c4c(c2)-n2c5ccccc5c5cccc(c52)B4c2cc4c(cc2O3)Oc2cc(-c3ccc(C)cc3C)cc3c2B4c2cccc4c5ccccc5n-3c24)c(C)c1.Cc1ccc(C)c(-c2cc3c4c(c2)-n2c5ccccc5c5cccc(c52)B4c2cc4c(cc2O3)Oc2cc(-c3cc(C)ccc3C)cc3c2B4c2cccc4c5ccccc5n-3c24)c1. The van der Waals surface area contributed by atoms with Crippen LogP contribution in [0.1, 0.15) is 44.5 Å². The van der Waals surface area contributed by atoms with Crippen molar-refractivity contribution < 1.29 is 18.9 Å². The van der Waals surface area contributed by atoms with Gasteiger partial charge in [-0.3, -0.25) is 0 Å². The summed E-state index contributed by atoms with van der Waals surface area (Å²) in [5, 5.41) is 10.1. The molecule has 8 nitrogen and oxygen atoms in total. The molecule has 0 atom stereocenters. The Labute approximate surface area is 740 Å². The van der Waals surface area contributed by atoms with Crippen LogP contribution in [0.2, 0.25) is 0 Å². The van der Waals surface area contributed by atoms with Crippen molar-refractivity contribution in [3.8, 4) is 113 Å². The predicted octanol–water partition coefficient (Wildman–Crippen LogP) is 20.6. The minimum absolute atomic E-state index is 0.0497. The van der Waals surface area contributed by atoms with Crippen LogP contribution in [0.3, 0.4) is 0 Å². The highest BCUT2D eigenvalue weighted by Crippen LogP contribution is 2.49. The minimum Gasteiger partial charge on any atom is -0.458 e. The highest BCUT2D eigenvalue weighted by molar-refractivity contribution is 7.03.